The zero-order valence-electron chi connectivity index (χ0n) is 10.9. The second kappa shape index (κ2) is 4.53. The molecule has 4 aromatic rings. The number of hydrogen-bond acceptors (Lipinski definition) is 2. The highest BCUT2D eigenvalue weighted by molar-refractivity contribution is 7.21. The van der Waals surface area contributed by atoms with E-state index >= 15 is 0 Å². The molecular formula is C17H10FNOS. The fraction of sp³-hybridized carbons (Fsp3) is 0. The first-order valence-corrected chi connectivity index (χ1v) is 7.34. The molecule has 0 aliphatic heterocycles. The number of rotatable bonds is 2. The maximum Gasteiger partial charge on any atom is 0.205 e. The van der Waals surface area contributed by atoms with Gasteiger partial charge in [0.1, 0.15) is 5.82 Å². The Labute approximate surface area is 123 Å². The number of ketones is 1. The van der Waals surface area contributed by atoms with E-state index in [0.29, 0.717) is 10.4 Å². The van der Waals surface area contributed by atoms with Crippen LogP contribution in [0.3, 0.4) is 0 Å². The minimum atomic E-state index is -0.282. The molecule has 4 rings (SSSR count). The topological polar surface area (TPSA) is 32.9 Å². The molecule has 4 heteroatoms. The van der Waals surface area contributed by atoms with Crippen LogP contribution in [0.4, 0.5) is 4.39 Å². The number of benzene rings is 2. The van der Waals surface area contributed by atoms with Crippen LogP contribution in [0.5, 0.6) is 0 Å². The number of aromatic nitrogens is 1. The highest BCUT2D eigenvalue weighted by Gasteiger charge is 2.16. The molecule has 0 saturated carbocycles. The van der Waals surface area contributed by atoms with Gasteiger partial charge in [-0.05, 0) is 29.7 Å². The smallest absolute Gasteiger partial charge is 0.205 e. The summed E-state index contributed by atoms with van der Waals surface area (Å²) in [6, 6.07) is 14.1. The van der Waals surface area contributed by atoms with Crippen molar-refractivity contribution in [2.45, 2.75) is 0 Å². The second-order valence-electron chi connectivity index (χ2n) is 4.87. The van der Waals surface area contributed by atoms with Crippen molar-refractivity contribution in [3.8, 4) is 0 Å². The number of fused-ring (bicyclic) bond motifs is 2. The van der Waals surface area contributed by atoms with Crippen LogP contribution in [0, 0.1) is 5.82 Å². The van der Waals surface area contributed by atoms with Crippen molar-refractivity contribution in [2.24, 2.45) is 0 Å². The maximum absolute atomic E-state index is 13.2. The first-order valence-electron chi connectivity index (χ1n) is 6.52. The number of carbonyl (C=O) groups excluding carboxylic acids is 1. The Kier molecular flexibility index (Phi) is 2.65. The molecule has 2 nitrogen and oxygen atoms in total. The van der Waals surface area contributed by atoms with Gasteiger partial charge >= 0.3 is 0 Å². The Bertz CT molecular complexity index is 983. The number of nitrogens with one attached hydrogen (secondary N) is 1. The van der Waals surface area contributed by atoms with E-state index in [1.54, 1.807) is 12.3 Å². The van der Waals surface area contributed by atoms with Crippen LogP contribution in [0.15, 0.2) is 54.7 Å². The SMILES string of the molecule is O=C(c1cc2ccc(F)cc2s1)c1c[nH]c2ccccc12. The van der Waals surface area contributed by atoms with Crippen LogP contribution in [0.25, 0.3) is 21.0 Å². The van der Waals surface area contributed by atoms with Gasteiger partial charge in [0.15, 0.2) is 0 Å². The molecular weight excluding hydrogens is 285 g/mol. The van der Waals surface area contributed by atoms with E-state index in [1.807, 2.05) is 30.3 Å². The van der Waals surface area contributed by atoms with E-state index in [2.05, 4.69) is 4.98 Å². The molecule has 2 aromatic heterocycles. The van der Waals surface area contributed by atoms with E-state index in [0.717, 1.165) is 21.0 Å². The van der Waals surface area contributed by atoms with Gasteiger partial charge in [0.25, 0.3) is 0 Å². The van der Waals surface area contributed by atoms with Crippen molar-refractivity contribution in [3.63, 3.8) is 0 Å². The molecule has 0 aliphatic rings. The zero-order valence-corrected chi connectivity index (χ0v) is 11.7. The quantitative estimate of drug-likeness (QED) is 0.532. The molecule has 0 radical (unpaired) electrons. The monoisotopic (exact) mass is 295 g/mol. The van der Waals surface area contributed by atoms with Crippen LogP contribution in [-0.4, -0.2) is 10.8 Å². The predicted molar refractivity (Wildman–Crippen MR) is 83.5 cm³/mol. The standard InChI is InChI=1S/C17H10FNOS/c18-11-6-5-10-7-16(21-15(10)8-11)17(20)13-9-19-14-4-2-1-3-12(13)14/h1-9,19H. The van der Waals surface area contributed by atoms with Crippen LogP contribution in [0.2, 0.25) is 0 Å². The number of para-hydroxylation sites is 1. The number of thiophene rings is 1. The average Bonchev–Trinajstić information content (AvgIpc) is 3.09. The van der Waals surface area contributed by atoms with E-state index in [1.165, 1.54) is 23.5 Å². The number of halogens is 1. The van der Waals surface area contributed by atoms with Crippen molar-refractivity contribution < 1.29 is 9.18 Å². The lowest BCUT2D eigenvalue weighted by Gasteiger charge is -1.95. The van der Waals surface area contributed by atoms with E-state index in [-0.39, 0.29) is 11.6 Å². The van der Waals surface area contributed by atoms with E-state index in [9.17, 15) is 9.18 Å². The third-order valence-electron chi connectivity index (χ3n) is 3.54. The molecule has 2 heterocycles. The predicted octanol–water partition coefficient (Wildman–Crippen LogP) is 4.75. The van der Waals surface area contributed by atoms with Crippen molar-refractivity contribution in [1.29, 1.82) is 0 Å². The minimum Gasteiger partial charge on any atom is -0.360 e. The molecule has 0 amide bonds. The maximum atomic E-state index is 13.2. The van der Waals surface area contributed by atoms with Gasteiger partial charge in [0, 0.05) is 27.4 Å². The van der Waals surface area contributed by atoms with Crippen LogP contribution in [-0.2, 0) is 0 Å². The lowest BCUT2D eigenvalue weighted by atomic mass is 10.1. The number of hydrogen-bond donors (Lipinski definition) is 1. The Morgan fingerprint density at radius 1 is 1.10 bits per heavy atom. The van der Waals surface area contributed by atoms with Gasteiger partial charge in [-0.3, -0.25) is 4.79 Å². The van der Waals surface area contributed by atoms with Crippen molar-refractivity contribution in [2.75, 3.05) is 0 Å². The van der Waals surface area contributed by atoms with Crippen LogP contribution >= 0.6 is 11.3 Å². The minimum absolute atomic E-state index is 0.0333. The zero-order chi connectivity index (χ0) is 14.4. The lowest BCUT2D eigenvalue weighted by molar-refractivity contribution is 0.104. The molecule has 0 atom stereocenters. The van der Waals surface area contributed by atoms with E-state index in [4.69, 9.17) is 0 Å². The Hall–Kier alpha value is -2.46. The highest BCUT2D eigenvalue weighted by Crippen LogP contribution is 2.29. The third-order valence-corrected chi connectivity index (χ3v) is 4.64. The van der Waals surface area contributed by atoms with Gasteiger partial charge in [-0.25, -0.2) is 4.39 Å². The van der Waals surface area contributed by atoms with Crippen molar-refractivity contribution in [3.05, 3.63) is 71.0 Å². The molecule has 2 aromatic carbocycles. The third kappa shape index (κ3) is 1.96. The highest BCUT2D eigenvalue weighted by atomic mass is 32.1. The summed E-state index contributed by atoms with van der Waals surface area (Å²) in [7, 11) is 0. The summed E-state index contributed by atoms with van der Waals surface area (Å²) in [6.45, 7) is 0. The number of carbonyl (C=O) groups is 1. The summed E-state index contributed by atoms with van der Waals surface area (Å²) in [4.78, 5) is 16.4. The molecule has 0 unspecified atom stereocenters. The Morgan fingerprint density at radius 2 is 1.95 bits per heavy atom. The first-order chi connectivity index (χ1) is 10.2. The van der Waals surface area contributed by atoms with Crippen LogP contribution < -0.4 is 0 Å². The number of aromatic amines is 1. The molecule has 0 fully saturated rings. The fourth-order valence-electron chi connectivity index (χ4n) is 2.51. The molecule has 0 aliphatic carbocycles. The van der Waals surface area contributed by atoms with Gasteiger partial charge in [-0.15, -0.1) is 11.3 Å². The summed E-state index contributed by atoms with van der Waals surface area (Å²) in [6.07, 6.45) is 1.73. The summed E-state index contributed by atoms with van der Waals surface area (Å²) in [5.74, 6) is -0.315. The van der Waals surface area contributed by atoms with Gasteiger partial charge in [0.05, 0.1) is 4.88 Å². The fourth-order valence-corrected chi connectivity index (χ4v) is 3.55. The summed E-state index contributed by atoms with van der Waals surface area (Å²) < 4.78 is 14.0. The Morgan fingerprint density at radius 3 is 2.86 bits per heavy atom. The van der Waals surface area contributed by atoms with E-state index < -0.39 is 0 Å². The first kappa shape index (κ1) is 12.3. The van der Waals surface area contributed by atoms with Gasteiger partial charge in [-0.2, -0.15) is 0 Å². The summed E-state index contributed by atoms with van der Waals surface area (Å²) in [5, 5.41) is 1.80. The largest absolute Gasteiger partial charge is 0.360 e. The summed E-state index contributed by atoms with van der Waals surface area (Å²) in [5.41, 5.74) is 1.59. The normalized spacial score (nSPS) is 11.3. The average molecular weight is 295 g/mol. The molecule has 1 N–H and O–H groups in total. The lowest BCUT2D eigenvalue weighted by Crippen LogP contribution is -1.96. The molecule has 0 spiro atoms. The van der Waals surface area contributed by atoms with Crippen molar-refractivity contribution in [1.82, 2.24) is 4.98 Å². The molecule has 102 valence electrons. The van der Waals surface area contributed by atoms with Crippen molar-refractivity contribution >= 4 is 38.1 Å². The number of H-pyrrole nitrogens is 1. The Balaban J connectivity index is 1.86. The van der Waals surface area contributed by atoms with Gasteiger partial charge < -0.3 is 4.98 Å². The van der Waals surface area contributed by atoms with Gasteiger partial charge in [-0.1, -0.05) is 24.3 Å². The molecule has 0 saturated heterocycles. The summed E-state index contributed by atoms with van der Waals surface area (Å²) >= 11 is 1.32. The second-order valence-corrected chi connectivity index (χ2v) is 5.95. The molecule has 0 bridgehead atoms. The van der Waals surface area contributed by atoms with Gasteiger partial charge in [0.2, 0.25) is 5.78 Å². The van der Waals surface area contributed by atoms with Crippen LogP contribution in [0.1, 0.15) is 15.2 Å². The molecule has 21 heavy (non-hydrogen) atoms.